The van der Waals surface area contributed by atoms with Gasteiger partial charge in [0.2, 0.25) is 0 Å². The van der Waals surface area contributed by atoms with Crippen LogP contribution in [0, 0.1) is 0 Å². The first kappa shape index (κ1) is 17.5. The summed E-state index contributed by atoms with van der Waals surface area (Å²) in [5.74, 6) is -1.17. The van der Waals surface area contributed by atoms with Gasteiger partial charge in [0.25, 0.3) is 21.8 Å². The third-order valence-electron chi connectivity index (χ3n) is 3.77. The second-order valence-electron chi connectivity index (χ2n) is 5.59. The number of rotatable bonds is 5. The summed E-state index contributed by atoms with van der Waals surface area (Å²) in [6, 6.07) is 11.4. The van der Waals surface area contributed by atoms with Crippen LogP contribution in [0.4, 0.5) is 5.69 Å². The molecule has 0 saturated carbocycles. The van der Waals surface area contributed by atoms with Crippen molar-refractivity contribution in [2.75, 3.05) is 5.32 Å². The molecular formula is C17H16N4O4S. The lowest BCUT2D eigenvalue weighted by atomic mass is 10.3. The van der Waals surface area contributed by atoms with E-state index in [0.717, 1.165) is 3.97 Å². The van der Waals surface area contributed by atoms with Gasteiger partial charge in [-0.05, 0) is 24.3 Å². The second kappa shape index (κ2) is 6.52. The highest BCUT2D eigenvalue weighted by molar-refractivity contribution is 7.90. The van der Waals surface area contributed by atoms with Crippen molar-refractivity contribution in [3.8, 4) is 0 Å². The number of hydrogen-bond donors (Lipinski definition) is 2. The van der Waals surface area contributed by atoms with E-state index in [1.54, 1.807) is 24.3 Å². The van der Waals surface area contributed by atoms with Crippen LogP contribution in [0.2, 0.25) is 0 Å². The summed E-state index contributed by atoms with van der Waals surface area (Å²) < 4.78 is 27.6. The molecule has 0 aliphatic carbocycles. The van der Waals surface area contributed by atoms with Gasteiger partial charge in [0.15, 0.2) is 0 Å². The van der Waals surface area contributed by atoms with Crippen LogP contribution < -0.4 is 11.1 Å². The van der Waals surface area contributed by atoms with E-state index in [9.17, 15) is 18.0 Å². The van der Waals surface area contributed by atoms with Crippen LogP contribution in [0.15, 0.2) is 66.0 Å². The van der Waals surface area contributed by atoms with Crippen LogP contribution in [-0.4, -0.2) is 28.8 Å². The highest BCUT2D eigenvalue weighted by Gasteiger charge is 2.22. The first-order valence-electron chi connectivity index (χ1n) is 7.55. The van der Waals surface area contributed by atoms with Crippen molar-refractivity contribution < 1.29 is 18.0 Å². The molecule has 8 nitrogen and oxygen atoms in total. The molecule has 1 aromatic carbocycles. The van der Waals surface area contributed by atoms with E-state index >= 15 is 0 Å². The van der Waals surface area contributed by atoms with Gasteiger partial charge in [-0.25, -0.2) is 12.4 Å². The summed E-state index contributed by atoms with van der Waals surface area (Å²) >= 11 is 0. The van der Waals surface area contributed by atoms with Crippen LogP contribution in [-0.2, 0) is 17.1 Å². The van der Waals surface area contributed by atoms with E-state index in [1.807, 2.05) is 6.07 Å². The molecule has 0 atom stereocenters. The molecule has 0 radical (unpaired) electrons. The minimum atomic E-state index is -3.95. The zero-order chi connectivity index (χ0) is 18.9. The molecular weight excluding hydrogens is 356 g/mol. The average Bonchev–Trinajstić information content (AvgIpc) is 3.23. The van der Waals surface area contributed by atoms with E-state index in [0.29, 0.717) is 5.69 Å². The van der Waals surface area contributed by atoms with E-state index in [4.69, 9.17) is 5.73 Å². The molecule has 26 heavy (non-hydrogen) atoms. The highest BCUT2D eigenvalue weighted by Crippen LogP contribution is 2.18. The number of benzene rings is 1. The SMILES string of the molecule is Cn1cc(S(=O)(=O)n2ccc(C(=O)Nc3ccccc3)c2)cc1C(N)=O. The van der Waals surface area contributed by atoms with Gasteiger partial charge in [0.1, 0.15) is 10.6 Å². The van der Waals surface area contributed by atoms with Crippen molar-refractivity contribution in [1.82, 2.24) is 8.54 Å². The third kappa shape index (κ3) is 3.24. The first-order valence-corrected chi connectivity index (χ1v) is 8.99. The Morgan fingerprint density at radius 2 is 1.77 bits per heavy atom. The van der Waals surface area contributed by atoms with Gasteiger partial charge in [0, 0.05) is 31.3 Å². The Morgan fingerprint density at radius 3 is 2.38 bits per heavy atom. The van der Waals surface area contributed by atoms with Gasteiger partial charge in [-0.2, -0.15) is 0 Å². The fourth-order valence-corrected chi connectivity index (χ4v) is 3.70. The van der Waals surface area contributed by atoms with E-state index in [2.05, 4.69) is 5.32 Å². The monoisotopic (exact) mass is 372 g/mol. The zero-order valence-corrected chi connectivity index (χ0v) is 14.6. The molecule has 3 N–H and O–H groups in total. The van der Waals surface area contributed by atoms with E-state index in [-0.39, 0.29) is 16.2 Å². The number of hydrogen-bond acceptors (Lipinski definition) is 4. The molecule has 0 aliphatic rings. The van der Waals surface area contributed by atoms with Crippen molar-refractivity contribution in [3.05, 3.63) is 72.3 Å². The number of primary amides is 1. The van der Waals surface area contributed by atoms with E-state index in [1.165, 1.54) is 42.3 Å². The van der Waals surface area contributed by atoms with Gasteiger partial charge in [0.05, 0.1) is 5.56 Å². The summed E-state index contributed by atoms with van der Waals surface area (Å²) in [6.45, 7) is 0. The Labute approximate surface area is 149 Å². The summed E-state index contributed by atoms with van der Waals surface area (Å²) in [4.78, 5) is 23.5. The lowest BCUT2D eigenvalue weighted by Gasteiger charge is -2.04. The number of nitrogens with two attached hydrogens (primary N) is 1. The molecule has 0 aliphatic heterocycles. The summed E-state index contributed by atoms with van der Waals surface area (Å²) in [5, 5.41) is 2.68. The molecule has 2 amide bonds. The number of nitrogens with zero attached hydrogens (tertiary/aromatic N) is 2. The maximum Gasteiger partial charge on any atom is 0.269 e. The number of carbonyl (C=O) groups excluding carboxylic acids is 2. The second-order valence-corrected chi connectivity index (χ2v) is 7.43. The summed E-state index contributed by atoms with van der Waals surface area (Å²) in [5.41, 5.74) is 6.06. The first-order chi connectivity index (χ1) is 12.3. The molecule has 0 unspecified atom stereocenters. The molecule has 2 aromatic heterocycles. The van der Waals surface area contributed by atoms with Gasteiger partial charge in [-0.3, -0.25) is 9.59 Å². The molecule has 3 aromatic rings. The zero-order valence-electron chi connectivity index (χ0n) is 13.8. The summed E-state index contributed by atoms with van der Waals surface area (Å²) in [7, 11) is -2.43. The van der Waals surface area contributed by atoms with Crippen molar-refractivity contribution >= 4 is 27.5 Å². The van der Waals surface area contributed by atoms with Crippen molar-refractivity contribution in [2.24, 2.45) is 12.8 Å². The maximum absolute atomic E-state index is 12.7. The minimum absolute atomic E-state index is 0.0674. The number of carbonyl (C=O) groups is 2. The number of aromatic nitrogens is 2. The fraction of sp³-hybridized carbons (Fsp3) is 0.0588. The largest absolute Gasteiger partial charge is 0.364 e. The number of aryl methyl sites for hydroxylation is 1. The molecule has 0 saturated heterocycles. The number of amides is 2. The average molecular weight is 372 g/mol. The molecule has 0 fully saturated rings. The molecule has 2 heterocycles. The van der Waals surface area contributed by atoms with Crippen molar-refractivity contribution in [3.63, 3.8) is 0 Å². The molecule has 9 heteroatoms. The quantitative estimate of drug-likeness (QED) is 0.704. The van der Waals surface area contributed by atoms with Gasteiger partial charge in [-0.15, -0.1) is 0 Å². The van der Waals surface area contributed by atoms with Crippen LogP contribution >= 0.6 is 0 Å². The summed E-state index contributed by atoms with van der Waals surface area (Å²) in [6.07, 6.45) is 3.77. The van der Waals surface area contributed by atoms with Crippen molar-refractivity contribution in [2.45, 2.75) is 4.90 Å². The number of anilines is 1. The Morgan fingerprint density at radius 1 is 1.08 bits per heavy atom. The highest BCUT2D eigenvalue weighted by atomic mass is 32.2. The maximum atomic E-state index is 12.7. The lowest BCUT2D eigenvalue weighted by molar-refractivity contribution is 0.0990. The Balaban J connectivity index is 1.87. The molecule has 0 bridgehead atoms. The van der Waals surface area contributed by atoms with Gasteiger partial charge < -0.3 is 15.6 Å². The Hall–Kier alpha value is -3.33. The lowest BCUT2D eigenvalue weighted by Crippen LogP contribution is -2.14. The normalized spacial score (nSPS) is 11.3. The van der Waals surface area contributed by atoms with E-state index < -0.39 is 21.8 Å². The Bertz CT molecular complexity index is 1080. The molecule has 3 rings (SSSR count). The smallest absolute Gasteiger partial charge is 0.269 e. The van der Waals surface area contributed by atoms with Crippen LogP contribution in [0.3, 0.4) is 0 Å². The van der Waals surface area contributed by atoms with Crippen LogP contribution in [0.1, 0.15) is 20.8 Å². The minimum Gasteiger partial charge on any atom is -0.364 e. The van der Waals surface area contributed by atoms with Gasteiger partial charge in [-0.1, -0.05) is 18.2 Å². The van der Waals surface area contributed by atoms with Gasteiger partial charge >= 0.3 is 0 Å². The topological polar surface area (TPSA) is 116 Å². The number of para-hydroxylation sites is 1. The fourth-order valence-electron chi connectivity index (χ4n) is 2.43. The van der Waals surface area contributed by atoms with Crippen LogP contribution in [0.5, 0.6) is 0 Å². The standard InChI is InChI=1S/C17H16N4O4S/c1-20-11-14(9-15(20)16(18)22)26(24,25)21-8-7-12(10-21)17(23)19-13-5-3-2-4-6-13/h2-11H,1H3,(H2,18,22)(H,19,23). The van der Waals surface area contributed by atoms with Crippen LogP contribution in [0.25, 0.3) is 0 Å². The Kier molecular flexibility index (Phi) is 4.39. The predicted molar refractivity (Wildman–Crippen MR) is 95.3 cm³/mol. The third-order valence-corrected chi connectivity index (χ3v) is 5.37. The number of nitrogens with one attached hydrogen (secondary N) is 1. The van der Waals surface area contributed by atoms with Crippen molar-refractivity contribution in [1.29, 1.82) is 0 Å². The molecule has 0 spiro atoms. The molecule has 134 valence electrons. The predicted octanol–water partition coefficient (Wildman–Crippen LogP) is 1.41.